The van der Waals surface area contributed by atoms with E-state index in [-0.39, 0.29) is 5.82 Å². The number of benzene rings is 2. The summed E-state index contributed by atoms with van der Waals surface area (Å²) in [5.41, 5.74) is 3.09. The smallest absolute Gasteiger partial charge is 0.186 e. The Balaban J connectivity index is 1.34. The Kier molecular flexibility index (Phi) is 4.01. The summed E-state index contributed by atoms with van der Waals surface area (Å²) < 4.78 is 14.9. The Hall–Kier alpha value is -2.60. The lowest BCUT2D eigenvalue weighted by molar-refractivity contribution is 0.489. The standard InChI is InChI=1S/C21H21FN4S/c1-24-12-13-26(18-7-6-15(22)14-19(18)24)16-8-10-25(11-9-16)21-23-17-4-2-3-5-20(17)27-21/h2-7,12-14,16H,8-11H2,1H3. The summed E-state index contributed by atoms with van der Waals surface area (Å²) in [5.74, 6) is -0.193. The Bertz CT molecular complexity index is 973. The van der Waals surface area contributed by atoms with Crippen LogP contribution in [0.1, 0.15) is 12.8 Å². The summed E-state index contributed by atoms with van der Waals surface area (Å²) >= 11 is 1.77. The maximum absolute atomic E-state index is 13.7. The van der Waals surface area contributed by atoms with Crippen LogP contribution in [0.25, 0.3) is 10.2 Å². The molecule has 0 radical (unpaired) electrons. The second-order valence-electron chi connectivity index (χ2n) is 7.13. The van der Waals surface area contributed by atoms with Crippen LogP contribution in [0.15, 0.2) is 54.9 Å². The Morgan fingerprint density at radius 3 is 2.67 bits per heavy atom. The van der Waals surface area contributed by atoms with Gasteiger partial charge in [-0.25, -0.2) is 9.37 Å². The largest absolute Gasteiger partial charge is 0.348 e. The minimum atomic E-state index is -0.193. The maximum atomic E-state index is 13.7. The van der Waals surface area contributed by atoms with Gasteiger partial charge in [-0.2, -0.15) is 0 Å². The molecule has 2 aliphatic heterocycles. The zero-order chi connectivity index (χ0) is 18.4. The lowest BCUT2D eigenvalue weighted by atomic mass is 10.0. The Labute approximate surface area is 162 Å². The molecule has 138 valence electrons. The average Bonchev–Trinajstić information content (AvgIpc) is 3.13. The van der Waals surface area contributed by atoms with E-state index in [9.17, 15) is 4.39 Å². The average molecular weight is 380 g/mol. The number of nitrogens with zero attached hydrogens (tertiary/aromatic N) is 4. The lowest BCUT2D eigenvalue weighted by Gasteiger charge is -2.41. The molecule has 3 aromatic rings. The molecule has 0 bridgehead atoms. The van der Waals surface area contributed by atoms with E-state index in [0.29, 0.717) is 6.04 Å². The van der Waals surface area contributed by atoms with Crippen LogP contribution < -0.4 is 14.7 Å². The minimum absolute atomic E-state index is 0.193. The molecule has 0 spiro atoms. The molecule has 2 aliphatic rings. The van der Waals surface area contributed by atoms with Gasteiger partial charge >= 0.3 is 0 Å². The van der Waals surface area contributed by atoms with Crippen molar-refractivity contribution < 1.29 is 4.39 Å². The molecule has 0 N–H and O–H groups in total. The van der Waals surface area contributed by atoms with Crippen LogP contribution in [0.5, 0.6) is 0 Å². The van der Waals surface area contributed by atoms with Gasteiger partial charge in [-0.1, -0.05) is 23.5 Å². The lowest BCUT2D eigenvalue weighted by Crippen LogP contribution is -2.44. The van der Waals surface area contributed by atoms with E-state index in [2.05, 4.69) is 34.2 Å². The monoisotopic (exact) mass is 380 g/mol. The van der Waals surface area contributed by atoms with Crippen LogP contribution in [-0.4, -0.2) is 31.2 Å². The number of piperidine rings is 1. The van der Waals surface area contributed by atoms with E-state index in [1.807, 2.05) is 30.3 Å². The molecule has 1 fully saturated rings. The summed E-state index contributed by atoms with van der Waals surface area (Å²) in [5, 5.41) is 1.12. The second-order valence-corrected chi connectivity index (χ2v) is 8.14. The van der Waals surface area contributed by atoms with E-state index in [4.69, 9.17) is 4.98 Å². The molecule has 0 aliphatic carbocycles. The third kappa shape index (κ3) is 2.94. The van der Waals surface area contributed by atoms with Crippen LogP contribution >= 0.6 is 11.3 Å². The van der Waals surface area contributed by atoms with Crippen molar-refractivity contribution in [2.75, 3.05) is 34.8 Å². The van der Waals surface area contributed by atoms with E-state index >= 15 is 0 Å². The first-order valence-corrected chi connectivity index (χ1v) is 10.1. The Morgan fingerprint density at radius 2 is 1.85 bits per heavy atom. The molecule has 4 nitrogen and oxygen atoms in total. The van der Waals surface area contributed by atoms with Crippen molar-refractivity contribution in [3.8, 4) is 0 Å². The molecule has 0 saturated carbocycles. The molecule has 0 amide bonds. The summed E-state index contributed by atoms with van der Waals surface area (Å²) in [4.78, 5) is 11.5. The number of halogens is 1. The molecule has 27 heavy (non-hydrogen) atoms. The molecule has 2 aromatic carbocycles. The zero-order valence-electron chi connectivity index (χ0n) is 15.2. The van der Waals surface area contributed by atoms with Gasteiger partial charge < -0.3 is 14.7 Å². The van der Waals surface area contributed by atoms with Crippen molar-refractivity contribution in [3.05, 3.63) is 60.7 Å². The summed E-state index contributed by atoms with van der Waals surface area (Å²) in [6, 6.07) is 13.8. The quantitative estimate of drug-likeness (QED) is 0.635. The van der Waals surface area contributed by atoms with Crippen molar-refractivity contribution in [3.63, 3.8) is 0 Å². The second kappa shape index (κ2) is 6.53. The van der Waals surface area contributed by atoms with E-state index in [1.54, 1.807) is 23.5 Å². The first kappa shape index (κ1) is 16.6. The minimum Gasteiger partial charge on any atom is -0.348 e. The fourth-order valence-corrected chi connectivity index (χ4v) is 5.00. The highest BCUT2D eigenvalue weighted by atomic mass is 32.1. The van der Waals surface area contributed by atoms with Gasteiger partial charge in [-0.3, -0.25) is 0 Å². The van der Waals surface area contributed by atoms with E-state index in [0.717, 1.165) is 48.0 Å². The predicted octanol–water partition coefficient (Wildman–Crippen LogP) is 4.83. The van der Waals surface area contributed by atoms with Gasteiger partial charge in [0.05, 0.1) is 21.6 Å². The number of fused-ring (bicyclic) bond motifs is 2. The normalized spacial score (nSPS) is 17.6. The molecular formula is C21H21FN4S. The molecule has 1 saturated heterocycles. The number of thiazole rings is 1. The molecule has 1 aromatic heterocycles. The number of anilines is 3. The van der Waals surface area contributed by atoms with Crippen LogP contribution in [0.3, 0.4) is 0 Å². The van der Waals surface area contributed by atoms with Crippen molar-refractivity contribution in [2.45, 2.75) is 18.9 Å². The molecule has 0 unspecified atom stereocenters. The maximum Gasteiger partial charge on any atom is 0.186 e. The fourth-order valence-electron chi connectivity index (χ4n) is 3.98. The van der Waals surface area contributed by atoms with Gasteiger partial charge in [0, 0.05) is 38.6 Å². The topological polar surface area (TPSA) is 22.6 Å². The first-order chi connectivity index (χ1) is 13.2. The van der Waals surface area contributed by atoms with E-state index < -0.39 is 0 Å². The van der Waals surface area contributed by atoms with E-state index in [1.165, 1.54) is 4.70 Å². The van der Waals surface area contributed by atoms with Crippen LogP contribution in [0.2, 0.25) is 0 Å². The molecule has 3 heterocycles. The van der Waals surface area contributed by atoms with Gasteiger partial charge in [0.2, 0.25) is 0 Å². The number of hydrogen-bond acceptors (Lipinski definition) is 5. The van der Waals surface area contributed by atoms with Gasteiger partial charge in [-0.15, -0.1) is 0 Å². The van der Waals surface area contributed by atoms with Crippen molar-refractivity contribution in [1.82, 2.24) is 4.98 Å². The highest BCUT2D eigenvalue weighted by Gasteiger charge is 2.28. The third-order valence-corrected chi connectivity index (χ3v) is 6.55. The molecule has 6 heteroatoms. The number of rotatable bonds is 2. The van der Waals surface area contributed by atoms with Crippen molar-refractivity contribution in [2.24, 2.45) is 0 Å². The summed E-state index contributed by atoms with van der Waals surface area (Å²) in [6.07, 6.45) is 6.25. The number of para-hydroxylation sites is 1. The van der Waals surface area contributed by atoms with Gasteiger partial charge in [0.25, 0.3) is 0 Å². The van der Waals surface area contributed by atoms with Crippen molar-refractivity contribution >= 4 is 38.1 Å². The molecular weight excluding hydrogens is 359 g/mol. The predicted molar refractivity (Wildman–Crippen MR) is 111 cm³/mol. The van der Waals surface area contributed by atoms with Crippen LogP contribution in [-0.2, 0) is 0 Å². The Morgan fingerprint density at radius 1 is 1.04 bits per heavy atom. The molecule has 0 atom stereocenters. The fraction of sp³-hybridized carbons (Fsp3) is 0.286. The highest BCUT2D eigenvalue weighted by molar-refractivity contribution is 7.22. The number of hydrogen-bond donors (Lipinski definition) is 0. The summed E-state index contributed by atoms with van der Waals surface area (Å²) in [7, 11) is 1.96. The SMILES string of the molecule is CN1C=CN(C2CCN(c3nc4ccccc4s3)CC2)c2ccc(F)cc21. The summed E-state index contributed by atoms with van der Waals surface area (Å²) in [6.45, 7) is 1.97. The van der Waals surface area contributed by atoms with Crippen molar-refractivity contribution in [1.29, 1.82) is 0 Å². The van der Waals surface area contributed by atoms with Crippen LogP contribution in [0, 0.1) is 5.82 Å². The molecule has 5 rings (SSSR count). The zero-order valence-corrected chi connectivity index (χ0v) is 16.0. The first-order valence-electron chi connectivity index (χ1n) is 9.28. The number of aromatic nitrogens is 1. The van der Waals surface area contributed by atoms with Gasteiger partial charge in [-0.05, 0) is 43.2 Å². The van der Waals surface area contributed by atoms with Gasteiger partial charge in [0.15, 0.2) is 5.13 Å². The third-order valence-electron chi connectivity index (χ3n) is 5.46. The highest BCUT2D eigenvalue weighted by Crippen LogP contribution is 2.37. The van der Waals surface area contributed by atoms with Crippen LogP contribution in [0.4, 0.5) is 20.9 Å². The van der Waals surface area contributed by atoms with Gasteiger partial charge in [0.1, 0.15) is 5.82 Å².